The van der Waals surface area contributed by atoms with Crippen molar-refractivity contribution < 1.29 is 9.45 Å². The van der Waals surface area contributed by atoms with E-state index in [0.29, 0.717) is 17.3 Å². The summed E-state index contributed by atoms with van der Waals surface area (Å²) < 4.78 is 5.24. The summed E-state index contributed by atoms with van der Waals surface area (Å²) in [5.74, 6) is 0.916. The summed E-state index contributed by atoms with van der Waals surface area (Å²) in [5.41, 5.74) is 6.58. The van der Waals surface area contributed by atoms with Crippen molar-refractivity contribution in [3.05, 3.63) is 40.3 Å². The average molecular weight is 276 g/mol. The van der Waals surface area contributed by atoms with Crippen molar-refractivity contribution >= 4 is 5.69 Å². The monoisotopic (exact) mass is 276 g/mol. The van der Waals surface area contributed by atoms with Crippen LogP contribution in [0.3, 0.4) is 0 Å². The minimum atomic E-state index is -0.450. The molecule has 2 N–H and O–H groups in total. The Balaban J connectivity index is 2.26. The van der Waals surface area contributed by atoms with Crippen LogP contribution in [0, 0.1) is 10.1 Å². The van der Waals surface area contributed by atoms with E-state index < -0.39 is 4.92 Å². The summed E-state index contributed by atoms with van der Waals surface area (Å²) in [4.78, 5) is 14.5. The third-order valence-electron chi connectivity index (χ3n) is 3.17. The number of nitro benzene ring substituents is 1. The van der Waals surface area contributed by atoms with Crippen LogP contribution in [0.5, 0.6) is 0 Å². The van der Waals surface area contributed by atoms with Crippen LogP contribution in [-0.2, 0) is 0 Å². The Morgan fingerprint density at radius 2 is 2.05 bits per heavy atom. The molecule has 0 saturated heterocycles. The molecular weight excluding hydrogens is 260 g/mol. The average Bonchev–Trinajstić information content (AvgIpc) is 2.88. The van der Waals surface area contributed by atoms with Gasteiger partial charge in [-0.2, -0.15) is 4.98 Å². The fourth-order valence-corrected chi connectivity index (χ4v) is 2.01. The first-order chi connectivity index (χ1) is 9.52. The Morgan fingerprint density at radius 1 is 1.40 bits per heavy atom. The zero-order valence-corrected chi connectivity index (χ0v) is 11.3. The van der Waals surface area contributed by atoms with Gasteiger partial charge in [-0.3, -0.25) is 10.1 Å². The number of hydrogen-bond donors (Lipinski definition) is 1. The quantitative estimate of drug-likeness (QED) is 0.663. The van der Waals surface area contributed by atoms with Crippen LogP contribution in [0.25, 0.3) is 11.4 Å². The van der Waals surface area contributed by atoms with Crippen LogP contribution in [0.2, 0.25) is 0 Å². The van der Waals surface area contributed by atoms with Gasteiger partial charge in [0.1, 0.15) is 0 Å². The smallest absolute Gasteiger partial charge is 0.269 e. The molecule has 0 aliphatic heterocycles. The molecule has 0 aliphatic carbocycles. The lowest BCUT2D eigenvalue weighted by Gasteiger charge is -2.13. The predicted molar refractivity (Wildman–Crippen MR) is 73.1 cm³/mol. The van der Waals surface area contributed by atoms with E-state index in [0.717, 1.165) is 6.42 Å². The molecule has 0 saturated carbocycles. The fraction of sp³-hybridized carbons (Fsp3) is 0.385. The molecular formula is C13H16N4O3. The van der Waals surface area contributed by atoms with Gasteiger partial charge in [-0.15, -0.1) is 0 Å². The Hall–Kier alpha value is -2.28. The molecule has 1 aromatic carbocycles. The summed E-state index contributed by atoms with van der Waals surface area (Å²) in [6, 6.07) is 5.94. The first kappa shape index (κ1) is 14.1. The molecule has 0 amide bonds. The number of hydrogen-bond acceptors (Lipinski definition) is 6. The number of nitrogens with two attached hydrogens (primary N) is 1. The minimum absolute atomic E-state index is 0.00861. The number of benzene rings is 1. The molecule has 0 spiro atoms. The van der Waals surface area contributed by atoms with E-state index in [1.54, 1.807) is 12.1 Å². The second kappa shape index (κ2) is 5.79. The van der Waals surface area contributed by atoms with Gasteiger partial charge >= 0.3 is 0 Å². The van der Waals surface area contributed by atoms with Crippen LogP contribution >= 0.6 is 0 Å². The summed E-state index contributed by atoms with van der Waals surface area (Å²) in [5, 5.41) is 14.5. The van der Waals surface area contributed by atoms with E-state index in [1.165, 1.54) is 12.1 Å². The van der Waals surface area contributed by atoms with Crippen molar-refractivity contribution in [2.45, 2.75) is 32.2 Å². The number of rotatable bonds is 5. The third-order valence-corrected chi connectivity index (χ3v) is 3.17. The van der Waals surface area contributed by atoms with Crippen molar-refractivity contribution in [3.8, 4) is 11.4 Å². The zero-order valence-electron chi connectivity index (χ0n) is 11.3. The maximum atomic E-state index is 10.6. The number of nitrogens with zero attached hydrogens (tertiary/aromatic N) is 3. The van der Waals surface area contributed by atoms with E-state index in [2.05, 4.69) is 10.1 Å². The standard InChI is InChI=1S/C13H16N4O3/c1-3-11(8(2)14)13-15-12(16-20-13)9-4-6-10(7-5-9)17(18)19/h4-8,11H,3,14H2,1-2H3. The Morgan fingerprint density at radius 3 is 2.55 bits per heavy atom. The maximum Gasteiger partial charge on any atom is 0.269 e. The molecule has 0 aliphatic rings. The number of non-ortho nitro benzene ring substituents is 1. The molecule has 0 radical (unpaired) electrons. The van der Waals surface area contributed by atoms with Gasteiger partial charge in [0, 0.05) is 23.7 Å². The van der Waals surface area contributed by atoms with Crippen LogP contribution < -0.4 is 5.73 Å². The number of nitro groups is 1. The van der Waals surface area contributed by atoms with Crippen LogP contribution in [-0.4, -0.2) is 21.1 Å². The summed E-state index contributed by atoms with van der Waals surface area (Å²) >= 11 is 0. The van der Waals surface area contributed by atoms with Crippen LogP contribution in [0.15, 0.2) is 28.8 Å². The second-order valence-corrected chi connectivity index (χ2v) is 4.63. The molecule has 1 aromatic heterocycles. The Kier molecular flexibility index (Phi) is 4.09. The summed E-state index contributed by atoms with van der Waals surface area (Å²) in [7, 11) is 0. The topological polar surface area (TPSA) is 108 Å². The fourth-order valence-electron chi connectivity index (χ4n) is 2.01. The highest BCUT2D eigenvalue weighted by Gasteiger charge is 2.21. The molecule has 7 heteroatoms. The highest BCUT2D eigenvalue weighted by molar-refractivity contribution is 5.56. The zero-order chi connectivity index (χ0) is 14.7. The lowest BCUT2D eigenvalue weighted by Crippen LogP contribution is -2.24. The third kappa shape index (κ3) is 2.83. The van der Waals surface area contributed by atoms with Gasteiger partial charge in [-0.25, -0.2) is 0 Å². The van der Waals surface area contributed by atoms with Crippen LogP contribution in [0.1, 0.15) is 32.1 Å². The van der Waals surface area contributed by atoms with Gasteiger partial charge in [0.05, 0.1) is 10.8 Å². The van der Waals surface area contributed by atoms with Gasteiger partial charge in [0.2, 0.25) is 11.7 Å². The molecule has 106 valence electrons. The first-order valence-corrected chi connectivity index (χ1v) is 6.37. The minimum Gasteiger partial charge on any atom is -0.339 e. The highest BCUT2D eigenvalue weighted by atomic mass is 16.6. The van der Waals surface area contributed by atoms with Crippen molar-refractivity contribution in [2.75, 3.05) is 0 Å². The summed E-state index contributed by atoms with van der Waals surface area (Å²) in [6.45, 7) is 3.90. The van der Waals surface area contributed by atoms with Crippen molar-refractivity contribution in [1.82, 2.24) is 10.1 Å². The first-order valence-electron chi connectivity index (χ1n) is 6.37. The van der Waals surface area contributed by atoms with Crippen molar-refractivity contribution in [3.63, 3.8) is 0 Å². The molecule has 2 unspecified atom stereocenters. The number of aromatic nitrogens is 2. The van der Waals surface area contributed by atoms with Crippen molar-refractivity contribution in [2.24, 2.45) is 5.73 Å². The largest absolute Gasteiger partial charge is 0.339 e. The SMILES string of the molecule is CCC(c1nc(-c2ccc([N+](=O)[O-])cc2)no1)C(C)N. The molecule has 0 fully saturated rings. The molecule has 7 nitrogen and oxygen atoms in total. The normalized spacial score (nSPS) is 13.9. The lowest BCUT2D eigenvalue weighted by molar-refractivity contribution is -0.384. The van der Waals surface area contributed by atoms with E-state index in [9.17, 15) is 10.1 Å². The van der Waals surface area contributed by atoms with E-state index >= 15 is 0 Å². The van der Waals surface area contributed by atoms with E-state index in [1.807, 2.05) is 13.8 Å². The van der Waals surface area contributed by atoms with Gasteiger partial charge in [0.15, 0.2) is 0 Å². The van der Waals surface area contributed by atoms with Gasteiger partial charge in [-0.1, -0.05) is 12.1 Å². The Bertz CT molecular complexity index is 592. The molecule has 20 heavy (non-hydrogen) atoms. The van der Waals surface area contributed by atoms with Gasteiger partial charge in [-0.05, 0) is 25.5 Å². The molecule has 2 rings (SSSR count). The summed E-state index contributed by atoms with van der Waals surface area (Å²) in [6.07, 6.45) is 0.805. The lowest BCUT2D eigenvalue weighted by atomic mass is 9.99. The predicted octanol–water partition coefficient (Wildman–Crippen LogP) is 2.49. The maximum absolute atomic E-state index is 10.6. The second-order valence-electron chi connectivity index (χ2n) is 4.63. The molecule has 0 bridgehead atoms. The highest BCUT2D eigenvalue weighted by Crippen LogP contribution is 2.25. The molecule has 2 aromatic rings. The molecule has 2 atom stereocenters. The van der Waals surface area contributed by atoms with Crippen molar-refractivity contribution in [1.29, 1.82) is 0 Å². The van der Waals surface area contributed by atoms with E-state index in [-0.39, 0.29) is 17.6 Å². The van der Waals surface area contributed by atoms with Gasteiger partial charge in [0.25, 0.3) is 5.69 Å². The Labute approximate surface area is 115 Å². The van der Waals surface area contributed by atoms with Gasteiger partial charge < -0.3 is 10.3 Å². The van der Waals surface area contributed by atoms with E-state index in [4.69, 9.17) is 10.3 Å². The van der Waals surface area contributed by atoms with Crippen LogP contribution in [0.4, 0.5) is 5.69 Å². The molecule has 1 heterocycles.